The second kappa shape index (κ2) is 60.6. The Morgan fingerprint density at radius 2 is 0.769 bits per heavy atom. The van der Waals surface area contributed by atoms with E-state index in [1.165, 1.54) is 0 Å². The van der Waals surface area contributed by atoms with Crippen LogP contribution in [-0.2, 0) is 0 Å². The quantitative estimate of drug-likeness (QED) is 0.497. The SMILES string of the molecule is CC.CC.CC.CC.c1ccsc1. The fraction of sp³-hybridized carbons (Fsp3) is 0.667. The van der Waals surface area contributed by atoms with Crippen molar-refractivity contribution in [3.8, 4) is 0 Å². The Balaban J connectivity index is -0.0000000445. The van der Waals surface area contributed by atoms with Gasteiger partial charge < -0.3 is 0 Å². The molecule has 1 rings (SSSR count). The van der Waals surface area contributed by atoms with E-state index in [9.17, 15) is 0 Å². The third-order valence-electron chi connectivity index (χ3n) is 0.425. The van der Waals surface area contributed by atoms with Crippen molar-refractivity contribution in [2.24, 2.45) is 0 Å². The van der Waals surface area contributed by atoms with Gasteiger partial charge in [-0.1, -0.05) is 67.5 Å². The molecule has 0 aromatic carbocycles. The molecule has 0 nitrogen and oxygen atoms in total. The molecule has 0 N–H and O–H groups in total. The maximum Gasteiger partial charge on any atom is -0.00934 e. The van der Waals surface area contributed by atoms with Crippen LogP contribution in [0.2, 0.25) is 0 Å². The highest BCUT2D eigenvalue weighted by Crippen LogP contribution is 1.91. The molecule has 0 saturated carbocycles. The third kappa shape index (κ3) is 49.8. The first-order chi connectivity index (χ1) is 6.50. The van der Waals surface area contributed by atoms with Crippen LogP contribution in [0, 0.1) is 0 Å². The minimum atomic E-state index is 1.71. The maximum atomic E-state index is 2.04. The third-order valence-corrected chi connectivity index (χ3v) is 1.05. The van der Waals surface area contributed by atoms with Gasteiger partial charge in [0, 0.05) is 0 Å². The summed E-state index contributed by atoms with van der Waals surface area (Å²) >= 11 is 1.71. The molecule has 0 aliphatic carbocycles. The molecule has 1 aromatic heterocycles. The van der Waals surface area contributed by atoms with Gasteiger partial charge in [0.15, 0.2) is 0 Å². The molecule has 1 heteroatoms. The summed E-state index contributed by atoms with van der Waals surface area (Å²) in [6.07, 6.45) is 0. The summed E-state index contributed by atoms with van der Waals surface area (Å²) in [4.78, 5) is 0. The Bertz CT molecular complexity index is 61.6. The molecule has 0 aliphatic heterocycles. The average Bonchev–Trinajstić information content (AvgIpc) is 2.87. The van der Waals surface area contributed by atoms with Crippen molar-refractivity contribution in [3.05, 3.63) is 22.9 Å². The molecule has 0 bridgehead atoms. The van der Waals surface area contributed by atoms with Gasteiger partial charge in [0.2, 0.25) is 0 Å². The number of rotatable bonds is 0. The van der Waals surface area contributed by atoms with Crippen LogP contribution in [0.5, 0.6) is 0 Å². The second-order valence-corrected chi connectivity index (χ2v) is 1.61. The van der Waals surface area contributed by atoms with Gasteiger partial charge in [-0.2, -0.15) is 11.3 Å². The molecule has 0 saturated heterocycles. The summed E-state index contributed by atoms with van der Waals surface area (Å²) in [5.74, 6) is 0. The predicted molar refractivity (Wildman–Crippen MR) is 69.7 cm³/mol. The molecule has 0 spiro atoms. The largest absolute Gasteiger partial charge is 0.152 e. The van der Waals surface area contributed by atoms with Crippen molar-refractivity contribution in [1.29, 1.82) is 0 Å². The standard InChI is InChI=1S/C4H4S.4C2H6/c1-2-4-5-3-1;4*1-2/h1-4H;4*1-2H3. The second-order valence-electron chi connectivity index (χ2n) is 0.793. The van der Waals surface area contributed by atoms with Gasteiger partial charge in [-0.3, -0.25) is 0 Å². The summed E-state index contributed by atoms with van der Waals surface area (Å²) in [5.41, 5.74) is 0. The van der Waals surface area contributed by atoms with Crippen molar-refractivity contribution in [3.63, 3.8) is 0 Å². The van der Waals surface area contributed by atoms with E-state index in [-0.39, 0.29) is 0 Å². The summed E-state index contributed by atoms with van der Waals surface area (Å²) in [6.45, 7) is 16.0. The Hall–Kier alpha value is -0.300. The van der Waals surface area contributed by atoms with Crippen LogP contribution in [0.1, 0.15) is 55.4 Å². The molecular formula is C12H28S. The van der Waals surface area contributed by atoms with Crippen molar-refractivity contribution >= 4 is 11.3 Å². The topological polar surface area (TPSA) is 0 Å². The molecule has 1 aromatic rings. The van der Waals surface area contributed by atoms with E-state index < -0.39 is 0 Å². The van der Waals surface area contributed by atoms with Gasteiger partial charge in [-0.15, -0.1) is 0 Å². The minimum absolute atomic E-state index is 1.71. The Labute approximate surface area is 90.0 Å². The molecule has 0 fully saturated rings. The van der Waals surface area contributed by atoms with Crippen molar-refractivity contribution in [2.45, 2.75) is 55.4 Å². The van der Waals surface area contributed by atoms with E-state index in [1.807, 2.05) is 78.3 Å². The lowest BCUT2D eigenvalue weighted by Crippen LogP contribution is -1.16. The van der Waals surface area contributed by atoms with Crippen LogP contribution in [0.3, 0.4) is 0 Å². The van der Waals surface area contributed by atoms with Crippen molar-refractivity contribution in [1.82, 2.24) is 0 Å². The first-order valence-corrected chi connectivity index (χ1v) is 6.41. The molecule has 0 aliphatic rings. The fourth-order valence-electron chi connectivity index (χ4n) is 0.227. The smallest absolute Gasteiger partial charge is 0.00934 e. The molecule has 13 heavy (non-hydrogen) atoms. The van der Waals surface area contributed by atoms with Crippen molar-refractivity contribution < 1.29 is 0 Å². The molecule has 0 amide bonds. The summed E-state index contributed by atoms with van der Waals surface area (Å²) in [6, 6.07) is 4.04. The first-order valence-electron chi connectivity index (χ1n) is 5.47. The van der Waals surface area contributed by atoms with E-state index in [0.717, 1.165) is 0 Å². The molecule has 82 valence electrons. The lowest BCUT2D eigenvalue weighted by molar-refractivity contribution is 1.50. The average molecular weight is 204 g/mol. The number of hydrogen-bond acceptors (Lipinski definition) is 1. The van der Waals surface area contributed by atoms with Crippen LogP contribution in [-0.4, -0.2) is 0 Å². The summed E-state index contributed by atoms with van der Waals surface area (Å²) in [5, 5.41) is 4.08. The minimum Gasteiger partial charge on any atom is -0.152 e. The highest BCUT2D eigenvalue weighted by Gasteiger charge is 1.58. The van der Waals surface area contributed by atoms with Gasteiger partial charge in [0.05, 0.1) is 0 Å². The van der Waals surface area contributed by atoms with Crippen molar-refractivity contribution in [2.75, 3.05) is 0 Å². The fourth-order valence-corrected chi connectivity index (χ4v) is 0.680. The van der Waals surface area contributed by atoms with Gasteiger partial charge in [-0.25, -0.2) is 0 Å². The van der Waals surface area contributed by atoms with Crippen LogP contribution in [0.4, 0.5) is 0 Å². The molecule has 0 unspecified atom stereocenters. The molecule has 1 heterocycles. The van der Waals surface area contributed by atoms with E-state index in [1.54, 1.807) is 11.3 Å². The Morgan fingerprint density at radius 3 is 0.846 bits per heavy atom. The monoisotopic (exact) mass is 204 g/mol. The Morgan fingerprint density at radius 1 is 0.538 bits per heavy atom. The zero-order valence-electron chi connectivity index (χ0n) is 10.7. The van der Waals surface area contributed by atoms with E-state index in [4.69, 9.17) is 0 Å². The summed E-state index contributed by atoms with van der Waals surface area (Å²) in [7, 11) is 0. The zero-order valence-corrected chi connectivity index (χ0v) is 11.5. The van der Waals surface area contributed by atoms with Gasteiger partial charge in [0.25, 0.3) is 0 Å². The highest BCUT2D eigenvalue weighted by molar-refractivity contribution is 7.07. The zero-order chi connectivity index (χ0) is 11.5. The van der Waals surface area contributed by atoms with Crippen LogP contribution >= 0.6 is 11.3 Å². The van der Waals surface area contributed by atoms with Gasteiger partial charge >= 0.3 is 0 Å². The molecule has 0 radical (unpaired) electrons. The lowest BCUT2D eigenvalue weighted by Gasteiger charge is -1.39. The van der Waals surface area contributed by atoms with E-state index in [2.05, 4.69) is 0 Å². The first kappa shape index (κ1) is 23.0. The van der Waals surface area contributed by atoms with Gasteiger partial charge in [-0.05, 0) is 10.8 Å². The summed E-state index contributed by atoms with van der Waals surface area (Å²) < 4.78 is 0. The number of hydrogen-bond donors (Lipinski definition) is 0. The van der Waals surface area contributed by atoms with E-state index in [0.29, 0.717) is 0 Å². The van der Waals surface area contributed by atoms with Crippen LogP contribution < -0.4 is 0 Å². The predicted octanol–water partition coefficient (Wildman–Crippen LogP) is 5.85. The highest BCUT2D eigenvalue weighted by atomic mass is 32.1. The van der Waals surface area contributed by atoms with Gasteiger partial charge in [0.1, 0.15) is 0 Å². The van der Waals surface area contributed by atoms with E-state index >= 15 is 0 Å². The Kier molecular flexibility index (Phi) is 107. The number of thiophene rings is 1. The molecular weight excluding hydrogens is 176 g/mol. The van der Waals surface area contributed by atoms with Crippen LogP contribution in [0.25, 0.3) is 0 Å². The lowest BCUT2D eigenvalue weighted by atomic mass is 10.7. The van der Waals surface area contributed by atoms with Crippen LogP contribution in [0.15, 0.2) is 22.9 Å². The normalized spacial score (nSPS) is 4.92. The molecule has 0 atom stereocenters. The maximum absolute atomic E-state index is 2.04.